The standard InChI is InChI=1S/C18H29NO2/c1-21-17(20)16-3-2-4-19(11-16)12-18-8-13-5-14(9-18)7-15(6-13)10-18/h13-16H,2-12H2,1H3. The van der Waals surface area contributed by atoms with Gasteiger partial charge in [0, 0.05) is 13.1 Å². The molecule has 5 fully saturated rings. The molecule has 0 radical (unpaired) electrons. The van der Waals surface area contributed by atoms with E-state index in [4.69, 9.17) is 4.74 Å². The minimum Gasteiger partial charge on any atom is -0.469 e. The highest BCUT2D eigenvalue weighted by molar-refractivity contribution is 5.72. The lowest BCUT2D eigenvalue weighted by molar-refractivity contribution is -0.148. The van der Waals surface area contributed by atoms with Crippen LogP contribution in [0.4, 0.5) is 0 Å². The Balaban J connectivity index is 1.42. The normalized spacial score (nSPS) is 45.8. The van der Waals surface area contributed by atoms with Gasteiger partial charge in [-0.05, 0) is 81.1 Å². The monoisotopic (exact) mass is 291 g/mol. The summed E-state index contributed by atoms with van der Waals surface area (Å²) >= 11 is 0. The van der Waals surface area contributed by atoms with E-state index < -0.39 is 0 Å². The molecule has 1 aliphatic heterocycles. The van der Waals surface area contributed by atoms with Crippen LogP contribution in [0, 0.1) is 29.1 Å². The van der Waals surface area contributed by atoms with E-state index >= 15 is 0 Å². The van der Waals surface area contributed by atoms with E-state index in [0.29, 0.717) is 5.41 Å². The zero-order chi connectivity index (χ0) is 14.4. The fourth-order valence-corrected chi connectivity index (χ4v) is 6.52. The average Bonchev–Trinajstić information content (AvgIpc) is 2.44. The molecule has 0 aromatic rings. The van der Waals surface area contributed by atoms with Crippen molar-refractivity contribution in [2.45, 2.75) is 51.4 Å². The van der Waals surface area contributed by atoms with Crippen molar-refractivity contribution in [3.05, 3.63) is 0 Å². The number of rotatable bonds is 3. The number of hydrogen-bond acceptors (Lipinski definition) is 3. The number of methoxy groups -OCH3 is 1. The van der Waals surface area contributed by atoms with Crippen LogP contribution in [-0.4, -0.2) is 37.6 Å². The van der Waals surface area contributed by atoms with E-state index in [1.54, 1.807) is 0 Å². The van der Waals surface area contributed by atoms with E-state index in [1.165, 1.54) is 58.7 Å². The maximum absolute atomic E-state index is 11.8. The van der Waals surface area contributed by atoms with Crippen LogP contribution in [0.5, 0.6) is 0 Å². The third-order valence-corrected chi connectivity index (χ3v) is 6.76. The molecule has 0 spiro atoms. The first-order chi connectivity index (χ1) is 10.2. The molecule has 0 amide bonds. The molecule has 3 nitrogen and oxygen atoms in total. The molecule has 4 bridgehead atoms. The topological polar surface area (TPSA) is 29.5 Å². The number of likely N-dealkylation sites (tertiary alicyclic amines) is 1. The molecule has 1 saturated heterocycles. The maximum atomic E-state index is 11.8. The zero-order valence-electron chi connectivity index (χ0n) is 13.4. The predicted molar refractivity (Wildman–Crippen MR) is 81.8 cm³/mol. The first-order valence-electron chi connectivity index (χ1n) is 8.96. The van der Waals surface area contributed by atoms with E-state index in [-0.39, 0.29) is 11.9 Å². The average molecular weight is 291 g/mol. The summed E-state index contributed by atoms with van der Waals surface area (Å²) in [6.07, 6.45) is 11.1. The number of nitrogens with zero attached hydrogens (tertiary/aromatic N) is 1. The van der Waals surface area contributed by atoms with Crippen molar-refractivity contribution < 1.29 is 9.53 Å². The summed E-state index contributed by atoms with van der Waals surface area (Å²) in [4.78, 5) is 14.4. The molecule has 1 unspecified atom stereocenters. The Bertz CT molecular complexity index is 384. The second-order valence-corrected chi connectivity index (χ2v) is 8.51. The highest BCUT2D eigenvalue weighted by Crippen LogP contribution is 2.60. The van der Waals surface area contributed by atoms with Crippen LogP contribution in [0.3, 0.4) is 0 Å². The van der Waals surface area contributed by atoms with Gasteiger partial charge in [-0.2, -0.15) is 0 Å². The van der Waals surface area contributed by atoms with Crippen molar-refractivity contribution in [2.75, 3.05) is 26.7 Å². The fraction of sp³-hybridized carbons (Fsp3) is 0.944. The van der Waals surface area contributed by atoms with Gasteiger partial charge in [0.2, 0.25) is 0 Å². The zero-order valence-corrected chi connectivity index (χ0v) is 13.4. The molecule has 3 heteroatoms. The van der Waals surface area contributed by atoms with Gasteiger partial charge in [0.1, 0.15) is 0 Å². The van der Waals surface area contributed by atoms with Crippen LogP contribution < -0.4 is 0 Å². The number of ether oxygens (including phenoxy) is 1. The molecule has 5 aliphatic rings. The third-order valence-electron chi connectivity index (χ3n) is 6.76. The summed E-state index contributed by atoms with van der Waals surface area (Å²) in [6.45, 7) is 3.38. The second-order valence-electron chi connectivity index (χ2n) is 8.51. The maximum Gasteiger partial charge on any atom is 0.309 e. The van der Waals surface area contributed by atoms with E-state index in [9.17, 15) is 4.79 Å². The van der Waals surface area contributed by atoms with Crippen molar-refractivity contribution >= 4 is 5.97 Å². The van der Waals surface area contributed by atoms with Crippen molar-refractivity contribution in [1.82, 2.24) is 4.90 Å². The van der Waals surface area contributed by atoms with Crippen molar-refractivity contribution in [2.24, 2.45) is 29.1 Å². The summed E-state index contributed by atoms with van der Waals surface area (Å²) in [6, 6.07) is 0. The highest BCUT2D eigenvalue weighted by atomic mass is 16.5. The van der Waals surface area contributed by atoms with Crippen LogP contribution >= 0.6 is 0 Å². The number of esters is 1. The van der Waals surface area contributed by atoms with E-state index in [2.05, 4.69) is 4.90 Å². The molecule has 1 atom stereocenters. The van der Waals surface area contributed by atoms with Crippen LogP contribution in [0.25, 0.3) is 0 Å². The second kappa shape index (κ2) is 5.26. The molecule has 21 heavy (non-hydrogen) atoms. The molecular formula is C18H29NO2. The van der Waals surface area contributed by atoms with Crippen molar-refractivity contribution in [1.29, 1.82) is 0 Å². The van der Waals surface area contributed by atoms with E-state index in [1.807, 2.05) is 0 Å². The Morgan fingerprint density at radius 1 is 1.14 bits per heavy atom. The minimum atomic E-state index is 0.00483. The Hall–Kier alpha value is -0.570. The van der Waals surface area contributed by atoms with Crippen LogP contribution in [0.1, 0.15) is 51.4 Å². The number of carbonyl (C=O) groups excluding carboxylic acids is 1. The number of carbonyl (C=O) groups is 1. The Kier molecular flexibility index (Phi) is 3.52. The van der Waals surface area contributed by atoms with Gasteiger partial charge in [0.15, 0.2) is 0 Å². The third kappa shape index (κ3) is 2.62. The van der Waals surface area contributed by atoms with Crippen LogP contribution in [0.15, 0.2) is 0 Å². The summed E-state index contributed by atoms with van der Waals surface area (Å²) in [5.41, 5.74) is 0.604. The van der Waals surface area contributed by atoms with Gasteiger partial charge in [-0.25, -0.2) is 0 Å². The van der Waals surface area contributed by atoms with Gasteiger partial charge < -0.3 is 9.64 Å². The van der Waals surface area contributed by atoms with Crippen molar-refractivity contribution in [3.8, 4) is 0 Å². The summed E-state index contributed by atoms with van der Waals surface area (Å²) in [7, 11) is 1.53. The first-order valence-corrected chi connectivity index (χ1v) is 8.96. The smallest absolute Gasteiger partial charge is 0.309 e. The van der Waals surface area contributed by atoms with Gasteiger partial charge in [-0.3, -0.25) is 4.79 Å². The lowest BCUT2D eigenvalue weighted by atomic mass is 9.49. The summed E-state index contributed by atoms with van der Waals surface area (Å²) < 4.78 is 4.97. The quantitative estimate of drug-likeness (QED) is 0.748. The molecule has 5 rings (SSSR count). The molecule has 0 aromatic heterocycles. The van der Waals surface area contributed by atoms with Crippen LogP contribution in [0.2, 0.25) is 0 Å². The molecular weight excluding hydrogens is 262 g/mol. The van der Waals surface area contributed by atoms with Gasteiger partial charge in [0.25, 0.3) is 0 Å². The van der Waals surface area contributed by atoms with Gasteiger partial charge in [0.05, 0.1) is 13.0 Å². The summed E-state index contributed by atoms with van der Waals surface area (Å²) in [5.74, 6) is 3.20. The Morgan fingerprint density at radius 3 is 2.33 bits per heavy atom. The molecule has 0 aromatic carbocycles. The predicted octanol–water partition coefficient (Wildman–Crippen LogP) is 3.09. The van der Waals surface area contributed by atoms with Crippen molar-refractivity contribution in [3.63, 3.8) is 0 Å². The fourth-order valence-electron chi connectivity index (χ4n) is 6.52. The minimum absolute atomic E-state index is 0.00483. The SMILES string of the molecule is COC(=O)C1CCCN(CC23CC4CC(CC(C4)C2)C3)C1. The number of piperidine rings is 1. The van der Waals surface area contributed by atoms with Crippen LogP contribution in [-0.2, 0) is 9.53 Å². The lowest BCUT2D eigenvalue weighted by Crippen LogP contribution is -2.53. The highest BCUT2D eigenvalue weighted by Gasteiger charge is 2.51. The molecule has 4 saturated carbocycles. The number of hydrogen-bond donors (Lipinski definition) is 0. The van der Waals surface area contributed by atoms with Gasteiger partial charge >= 0.3 is 5.97 Å². The lowest BCUT2D eigenvalue weighted by Gasteiger charge is -2.58. The Labute approximate surface area is 128 Å². The van der Waals surface area contributed by atoms with Gasteiger partial charge in [-0.15, -0.1) is 0 Å². The molecule has 4 aliphatic carbocycles. The molecule has 0 N–H and O–H groups in total. The molecule has 1 heterocycles. The van der Waals surface area contributed by atoms with E-state index in [0.717, 1.165) is 37.1 Å². The summed E-state index contributed by atoms with van der Waals surface area (Å²) in [5, 5.41) is 0. The largest absolute Gasteiger partial charge is 0.469 e. The molecule has 118 valence electrons. The van der Waals surface area contributed by atoms with Gasteiger partial charge in [-0.1, -0.05) is 0 Å². The Morgan fingerprint density at radius 2 is 1.76 bits per heavy atom. The first kappa shape index (κ1) is 14.0.